The number of halogens is 1. The number of nitrogens with zero attached hydrogens (tertiary/aromatic N) is 1. The molecule has 2 aromatic rings. The number of fused-ring (bicyclic) bond motifs is 1. The minimum absolute atomic E-state index is 0.295. The molecule has 0 spiro atoms. The summed E-state index contributed by atoms with van der Waals surface area (Å²) in [5, 5.41) is 0.854. The third-order valence-electron chi connectivity index (χ3n) is 4.25. The average molecular weight is 273 g/mol. The van der Waals surface area contributed by atoms with Crippen LogP contribution in [0.15, 0.2) is 30.5 Å². The lowest BCUT2D eigenvalue weighted by Crippen LogP contribution is -2.41. The van der Waals surface area contributed by atoms with E-state index in [-0.39, 0.29) is 5.82 Å². The maximum atomic E-state index is 13.3. The van der Waals surface area contributed by atoms with E-state index in [1.807, 2.05) is 33.8 Å². The molecule has 2 heterocycles. The van der Waals surface area contributed by atoms with Gasteiger partial charge in [-0.1, -0.05) is 6.07 Å². The largest absolute Gasteiger partial charge is 0.495 e. The van der Waals surface area contributed by atoms with E-state index in [1.54, 1.807) is 12.3 Å². The van der Waals surface area contributed by atoms with Crippen molar-refractivity contribution in [2.24, 2.45) is 0 Å². The Morgan fingerprint density at radius 1 is 1.05 bits per heavy atom. The Morgan fingerprint density at radius 2 is 1.70 bits per heavy atom. The first-order chi connectivity index (χ1) is 9.30. The summed E-state index contributed by atoms with van der Waals surface area (Å²) in [5.41, 5.74) is 0.700. The third kappa shape index (κ3) is 2.01. The third-order valence-corrected chi connectivity index (χ3v) is 4.25. The predicted octanol–water partition coefficient (Wildman–Crippen LogP) is 2.67. The molecular weight excluding hydrogens is 256 g/mol. The second-order valence-electron chi connectivity index (χ2n) is 6.15. The van der Waals surface area contributed by atoms with Gasteiger partial charge in [0.05, 0.1) is 16.7 Å². The number of hydrogen-bond acceptors (Lipinski definition) is 3. The summed E-state index contributed by atoms with van der Waals surface area (Å²) < 4.78 is 25.4. The number of pyridine rings is 1. The molecule has 0 atom stereocenters. The van der Waals surface area contributed by atoms with E-state index >= 15 is 0 Å². The van der Waals surface area contributed by atoms with Crippen LogP contribution in [0.25, 0.3) is 10.9 Å². The Balaban J connectivity index is 2.08. The minimum Gasteiger partial charge on any atom is -0.399 e. The van der Waals surface area contributed by atoms with Crippen molar-refractivity contribution in [1.29, 1.82) is 0 Å². The van der Waals surface area contributed by atoms with Gasteiger partial charge >= 0.3 is 7.12 Å². The van der Waals surface area contributed by atoms with E-state index in [9.17, 15) is 4.39 Å². The summed E-state index contributed by atoms with van der Waals surface area (Å²) in [6.07, 6.45) is 1.65. The summed E-state index contributed by atoms with van der Waals surface area (Å²) in [4.78, 5) is 4.20. The number of benzene rings is 1. The van der Waals surface area contributed by atoms with Gasteiger partial charge in [0, 0.05) is 17.6 Å². The molecule has 0 saturated carbocycles. The van der Waals surface area contributed by atoms with Gasteiger partial charge in [0.2, 0.25) is 0 Å². The zero-order chi connectivity index (χ0) is 14.5. The van der Waals surface area contributed by atoms with Gasteiger partial charge in [0.1, 0.15) is 5.82 Å². The molecule has 3 rings (SSSR count). The van der Waals surface area contributed by atoms with Crippen LogP contribution in [0.4, 0.5) is 4.39 Å². The highest BCUT2D eigenvalue weighted by Gasteiger charge is 2.52. The van der Waals surface area contributed by atoms with E-state index in [0.29, 0.717) is 5.52 Å². The Hall–Kier alpha value is -1.46. The number of hydrogen-bond donors (Lipinski definition) is 0. The molecule has 1 aromatic carbocycles. The molecule has 3 nitrogen and oxygen atoms in total. The van der Waals surface area contributed by atoms with Gasteiger partial charge in [0.15, 0.2) is 0 Å². The predicted molar refractivity (Wildman–Crippen MR) is 77.4 cm³/mol. The normalized spacial score (nSPS) is 20.6. The van der Waals surface area contributed by atoms with Crippen molar-refractivity contribution in [3.63, 3.8) is 0 Å². The van der Waals surface area contributed by atoms with Crippen molar-refractivity contribution in [3.8, 4) is 0 Å². The smallest absolute Gasteiger partial charge is 0.399 e. The zero-order valence-electron chi connectivity index (χ0n) is 12.1. The molecule has 0 amide bonds. The summed E-state index contributed by atoms with van der Waals surface area (Å²) in [6, 6.07) is 6.43. The van der Waals surface area contributed by atoms with Crippen LogP contribution in [0, 0.1) is 5.82 Å². The number of rotatable bonds is 1. The van der Waals surface area contributed by atoms with Gasteiger partial charge in [-0.2, -0.15) is 0 Å². The highest BCUT2D eigenvalue weighted by Crippen LogP contribution is 2.36. The van der Waals surface area contributed by atoms with E-state index in [1.165, 1.54) is 12.1 Å². The molecule has 1 fully saturated rings. The Labute approximate surface area is 118 Å². The van der Waals surface area contributed by atoms with Gasteiger partial charge < -0.3 is 9.31 Å². The summed E-state index contributed by atoms with van der Waals surface area (Å²) in [5.74, 6) is -0.295. The number of aromatic nitrogens is 1. The van der Waals surface area contributed by atoms with Crippen LogP contribution in [0.1, 0.15) is 27.7 Å². The SMILES string of the molecule is CC1(C)OB(c2ccnc3cc(F)ccc23)OC1(C)C. The minimum atomic E-state index is -0.462. The van der Waals surface area contributed by atoms with Crippen molar-refractivity contribution in [3.05, 3.63) is 36.3 Å². The lowest BCUT2D eigenvalue weighted by atomic mass is 9.77. The molecule has 0 bridgehead atoms. The molecule has 5 heteroatoms. The van der Waals surface area contributed by atoms with Crippen LogP contribution < -0.4 is 5.46 Å². The fourth-order valence-corrected chi connectivity index (χ4v) is 2.32. The van der Waals surface area contributed by atoms with Crippen molar-refractivity contribution < 1.29 is 13.7 Å². The second kappa shape index (κ2) is 4.27. The Morgan fingerprint density at radius 3 is 2.35 bits per heavy atom. The average Bonchev–Trinajstić information content (AvgIpc) is 2.57. The molecule has 20 heavy (non-hydrogen) atoms. The van der Waals surface area contributed by atoms with Crippen LogP contribution in [0.3, 0.4) is 0 Å². The first-order valence-corrected chi connectivity index (χ1v) is 6.70. The van der Waals surface area contributed by atoms with Gasteiger partial charge in [-0.05, 0) is 45.3 Å². The fraction of sp³-hybridized carbons (Fsp3) is 0.400. The van der Waals surface area contributed by atoms with Crippen LogP contribution in [0.5, 0.6) is 0 Å². The van der Waals surface area contributed by atoms with Crippen LogP contribution in [0.2, 0.25) is 0 Å². The topological polar surface area (TPSA) is 31.4 Å². The highest BCUT2D eigenvalue weighted by atomic mass is 19.1. The standard InChI is InChI=1S/C15H17BFNO2/c1-14(2)15(3,4)20-16(19-14)12-7-8-18-13-9-10(17)5-6-11(12)13/h5-9H,1-4H3. The van der Waals surface area contributed by atoms with Crippen molar-refractivity contribution in [2.45, 2.75) is 38.9 Å². The highest BCUT2D eigenvalue weighted by molar-refractivity contribution is 6.65. The molecule has 0 radical (unpaired) electrons. The van der Waals surface area contributed by atoms with E-state index in [4.69, 9.17) is 9.31 Å². The van der Waals surface area contributed by atoms with Gasteiger partial charge in [-0.15, -0.1) is 0 Å². The van der Waals surface area contributed by atoms with Crippen LogP contribution in [-0.2, 0) is 9.31 Å². The molecule has 0 N–H and O–H groups in total. The molecule has 1 saturated heterocycles. The first kappa shape index (κ1) is 13.5. The lowest BCUT2D eigenvalue weighted by molar-refractivity contribution is 0.00578. The maximum Gasteiger partial charge on any atom is 0.495 e. The summed E-state index contributed by atoms with van der Waals surface area (Å²) in [6.45, 7) is 8.04. The molecule has 0 unspecified atom stereocenters. The summed E-state index contributed by atoms with van der Waals surface area (Å²) >= 11 is 0. The molecule has 0 aliphatic carbocycles. The Bertz CT molecular complexity index is 656. The van der Waals surface area contributed by atoms with E-state index in [0.717, 1.165) is 10.8 Å². The van der Waals surface area contributed by atoms with Crippen molar-refractivity contribution in [1.82, 2.24) is 4.98 Å². The molecular formula is C15H17BFNO2. The lowest BCUT2D eigenvalue weighted by Gasteiger charge is -2.32. The maximum absolute atomic E-state index is 13.3. The van der Waals surface area contributed by atoms with Crippen LogP contribution >= 0.6 is 0 Å². The Kier molecular flexibility index (Phi) is 2.89. The quantitative estimate of drug-likeness (QED) is 0.748. The van der Waals surface area contributed by atoms with Crippen LogP contribution in [-0.4, -0.2) is 23.3 Å². The molecule has 104 valence electrons. The van der Waals surface area contributed by atoms with Gasteiger partial charge in [-0.25, -0.2) is 4.39 Å². The van der Waals surface area contributed by atoms with Gasteiger partial charge in [-0.3, -0.25) is 4.98 Å². The molecule has 1 aliphatic rings. The van der Waals surface area contributed by atoms with E-state index < -0.39 is 18.3 Å². The van der Waals surface area contributed by atoms with Gasteiger partial charge in [0.25, 0.3) is 0 Å². The zero-order valence-corrected chi connectivity index (χ0v) is 12.1. The second-order valence-corrected chi connectivity index (χ2v) is 6.15. The molecule has 1 aliphatic heterocycles. The monoisotopic (exact) mass is 273 g/mol. The summed E-state index contributed by atoms with van der Waals surface area (Å²) in [7, 11) is -0.462. The first-order valence-electron chi connectivity index (χ1n) is 6.70. The fourth-order valence-electron chi connectivity index (χ4n) is 2.32. The van der Waals surface area contributed by atoms with Crippen molar-refractivity contribution >= 4 is 23.5 Å². The molecule has 1 aromatic heterocycles. The van der Waals surface area contributed by atoms with Crippen molar-refractivity contribution in [2.75, 3.05) is 0 Å². The van der Waals surface area contributed by atoms with E-state index in [2.05, 4.69) is 4.98 Å².